The van der Waals surface area contributed by atoms with Crippen molar-refractivity contribution in [3.8, 4) is 0 Å². The highest BCUT2D eigenvalue weighted by molar-refractivity contribution is 6.17. The fourth-order valence-corrected chi connectivity index (χ4v) is 5.54. The number of carbonyl (C=O) groups excluding carboxylic acids is 1. The summed E-state index contributed by atoms with van der Waals surface area (Å²) in [5, 5.41) is 34.1. The number of aliphatic hydroxyl groups excluding tert-OH is 2. The molecule has 38 heavy (non-hydrogen) atoms. The third-order valence-electron chi connectivity index (χ3n) is 7.23. The number of nitrogens with one attached hydrogen (secondary N) is 1. The average molecular weight is 550 g/mol. The van der Waals surface area contributed by atoms with Crippen LogP contribution in [0.3, 0.4) is 0 Å². The summed E-state index contributed by atoms with van der Waals surface area (Å²) in [6.07, 6.45) is 10.5. The predicted octanol–water partition coefficient (Wildman–Crippen LogP) is 5.63. The number of carbonyl (C=O) groups is 2. The summed E-state index contributed by atoms with van der Waals surface area (Å²) in [4.78, 5) is 23.4. The molecule has 4 unspecified atom stereocenters. The summed E-state index contributed by atoms with van der Waals surface area (Å²) in [5.74, 6) is -0.152. The van der Waals surface area contributed by atoms with Crippen LogP contribution in [-0.2, 0) is 16.0 Å². The van der Waals surface area contributed by atoms with Gasteiger partial charge in [0.15, 0.2) is 0 Å². The van der Waals surface area contributed by atoms with Crippen molar-refractivity contribution >= 4 is 23.7 Å². The van der Waals surface area contributed by atoms with Gasteiger partial charge in [-0.1, -0.05) is 54.6 Å². The molecule has 8 heteroatoms. The number of allylic oxidation sites excluding steroid dienone is 2. The Labute approximate surface area is 231 Å². The summed E-state index contributed by atoms with van der Waals surface area (Å²) in [6, 6.07) is 9.92. The lowest BCUT2D eigenvalue weighted by molar-refractivity contribution is -0.121. The Morgan fingerprint density at radius 1 is 1.21 bits per heavy atom. The van der Waals surface area contributed by atoms with Gasteiger partial charge in [0.25, 0.3) is 0 Å². The maximum Gasteiger partial charge on any atom is 0.506 e. The number of hydrogen-bond acceptors (Lipinski definition) is 5. The molecule has 1 amide bonds. The first-order chi connectivity index (χ1) is 18.3. The normalized spacial score (nSPS) is 24.2. The van der Waals surface area contributed by atoms with E-state index in [4.69, 9.17) is 16.3 Å². The number of alkyl halides is 1. The van der Waals surface area contributed by atoms with Crippen LogP contribution in [0.25, 0.3) is 0 Å². The molecular weight excluding hydrogens is 506 g/mol. The van der Waals surface area contributed by atoms with Gasteiger partial charge in [-0.2, -0.15) is 0 Å². The number of rotatable bonds is 17. The molecule has 0 spiro atoms. The molecule has 4 N–H and O–H groups in total. The highest BCUT2D eigenvalue weighted by Crippen LogP contribution is 2.48. The van der Waals surface area contributed by atoms with E-state index < -0.39 is 29.9 Å². The lowest BCUT2D eigenvalue weighted by atomic mass is 9.80. The second-order valence-electron chi connectivity index (χ2n) is 10.1. The number of carboxylic acid groups (broad SMARTS) is 1. The first kappa shape index (κ1) is 31.9. The van der Waals surface area contributed by atoms with E-state index >= 15 is 0 Å². The fourth-order valence-electron chi connectivity index (χ4n) is 5.36. The van der Waals surface area contributed by atoms with Crippen LogP contribution in [-0.4, -0.2) is 57.6 Å². The molecule has 1 fully saturated rings. The molecular formula is C30H44ClNO6. The molecule has 1 aromatic rings. The fraction of sp³-hybridized carbons (Fsp3) is 0.600. The number of hydrogen-bond donors (Lipinski definition) is 4. The van der Waals surface area contributed by atoms with Crippen LogP contribution in [0.1, 0.15) is 70.3 Å². The lowest BCUT2D eigenvalue weighted by Crippen LogP contribution is -2.39. The Morgan fingerprint density at radius 2 is 1.97 bits per heavy atom. The lowest BCUT2D eigenvalue weighted by Gasteiger charge is -2.34. The predicted molar refractivity (Wildman–Crippen MR) is 150 cm³/mol. The molecule has 1 aromatic carbocycles. The van der Waals surface area contributed by atoms with Gasteiger partial charge in [0.1, 0.15) is 5.60 Å². The highest BCUT2D eigenvalue weighted by atomic mass is 35.5. The summed E-state index contributed by atoms with van der Waals surface area (Å²) in [7, 11) is 0. The Bertz CT molecular complexity index is 892. The van der Waals surface area contributed by atoms with E-state index in [2.05, 4.69) is 5.32 Å². The van der Waals surface area contributed by atoms with Gasteiger partial charge >= 0.3 is 6.16 Å². The average Bonchev–Trinajstić information content (AvgIpc) is 3.13. The summed E-state index contributed by atoms with van der Waals surface area (Å²) < 4.78 is 5.53. The first-order valence-electron chi connectivity index (χ1n) is 13.8. The van der Waals surface area contributed by atoms with Gasteiger partial charge in [-0.3, -0.25) is 4.79 Å². The highest BCUT2D eigenvalue weighted by Gasteiger charge is 2.54. The smallest absolute Gasteiger partial charge is 0.450 e. The zero-order chi connectivity index (χ0) is 27.8. The van der Waals surface area contributed by atoms with Crippen molar-refractivity contribution in [1.82, 2.24) is 5.32 Å². The molecule has 1 aliphatic carbocycles. The molecule has 0 aliphatic heterocycles. The molecule has 0 saturated heterocycles. The monoisotopic (exact) mass is 549 g/mol. The van der Waals surface area contributed by atoms with Gasteiger partial charge in [0.2, 0.25) is 5.91 Å². The van der Waals surface area contributed by atoms with Crippen LogP contribution in [0.2, 0.25) is 0 Å². The molecule has 1 aliphatic rings. The van der Waals surface area contributed by atoms with E-state index in [9.17, 15) is 24.9 Å². The zero-order valence-corrected chi connectivity index (χ0v) is 23.2. The second-order valence-corrected chi connectivity index (χ2v) is 10.4. The molecule has 7 nitrogen and oxygen atoms in total. The van der Waals surface area contributed by atoms with Gasteiger partial charge in [0.05, 0.1) is 12.2 Å². The van der Waals surface area contributed by atoms with Crippen LogP contribution in [0, 0.1) is 11.8 Å². The van der Waals surface area contributed by atoms with E-state index in [1.807, 2.05) is 55.5 Å². The number of halogens is 1. The van der Waals surface area contributed by atoms with Gasteiger partial charge in [0, 0.05) is 31.2 Å². The van der Waals surface area contributed by atoms with Crippen molar-refractivity contribution < 1.29 is 29.6 Å². The number of benzene rings is 1. The molecule has 0 heterocycles. The number of unbranched alkanes of at least 4 members (excludes halogenated alkanes) is 2. The maximum atomic E-state index is 11.7. The minimum atomic E-state index is -1.37. The Hall–Kier alpha value is -2.35. The van der Waals surface area contributed by atoms with Crippen molar-refractivity contribution in [2.45, 2.75) is 88.9 Å². The van der Waals surface area contributed by atoms with E-state index in [0.29, 0.717) is 57.4 Å². The molecule has 0 radical (unpaired) electrons. The second kappa shape index (κ2) is 17.3. The number of ether oxygens (including phenoxy) is 1. The van der Waals surface area contributed by atoms with E-state index in [1.165, 1.54) is 0 Å². The maximum absolute atomic E-state index is 11.7. The molecule has 1 saturated carbocycles. The Morgan fingerprint density at radius 3 is 2.66 bits per heavy atom. The molecule has 2 rings (SSSR count). The third kappa shape index (κ3) is 10.8. The largest absolute Gasteiger partial charge is 0.506 e. The van der Waals surface area contributed by atoms with Crippen LogP contribution in [0.5, 0.6) is 0 Å². The molecule has 5 atom stereocenters. The van der Waals surface area contributed by atoms with Crippen molar-refractivity contribution in [2.75, 3.05) is 12.4 Å². The van der Waals surface area contributed by atoms with Crippen LogP contribution in [0.15, 0.2) is 54.6 Å². The van der Waals surface area contributed by atoms with Gasteiger partial charge in [-0.05, 0) is 69.8 Å². The van der Waals surface area contributed by atoms with Crippen molar-refractivity contribution in [3.05, 3.63) is 60.2 Å². The third-order valence-corrected chi connectivity index (χ3v) is 7.49. The van der Waals surface area contributed by atoms with Crippen LogP contribution >= 0.6 is 11.6 Å². The van der Waals surface area contributed by atoms with Crippen molar-refractivity contribution in [1.29, 1.82) is 0 Å². The van der Waals surface area contributed by atoms with E-state index in [1.54, 1.807) is 6.08 Å². The molecule has 0 bridgehead atoms. The summed E-state index contributed by atoms with van der Waals surface area (Å²) in [6.45, 7) is 2.51. The Kier molecular flexibility index (Phi) is 14.5. The van der Waals surface area contributed by atoms with Crippen molar-refractivity contribution in [2.24, 2.45) is 11.8 Å². The standard InChI is InChI=1S/C30H44ClNO6/c1-2-32-28(35)15-9-4-3-8-14-25-26(19-18-24(33)17-16-23-12-6-5-7-13-23)30(22-27(25)34,38-29(36)37)20-10-11-21-31/h3,5-8,12-13,18-19,24-27,33-34H,2,4,9-11,14-17,20-22H2,1H3,(H,32,35)(H,36,37)/t24-,25?,26?,27?,30?/m0/s1. The first-order valence-corrected chi connectivity index (χ1v) is 14.3. The quantitative estimate of drug-likeness (QED) is 0.0866. The number of amides is 1. The minimum absolute atomic E-state index is 0.0377. The van der Waals surface area contributed by atoms with Gasteiger partial charge < -0.3 is 25.4 Å². The van der Waals surface area contributed by atoms with E-state index in [0.717, 1.165) is 18.4 Å². The van der Waals surface area contributed by atoms with Gasteiger partial charge in [-0.15, -0.1) is 11.6 Å². The van der Waals surface area contributed by atoms with Crippen LogP contribution < -0.4 is 5.32 Å². The molecule has 212 valence electrons. The van der Waals surface area contributed by atoms with Crippen LogP contribution in [0.4, 0.5) is 4.79 Å². The minimum Gasteiger partial charge on any atom is -0.450 e. The molecule has 0 aromatic heterocycles. The van der Waals surface area contributed by atoms with E-state index in [-0.39, 0.29) is 18.2 Å². The summed E-state index contributed by atoms with van der Waals surface area (Å²) >= 11 is 5.88. The number of aliphatic hydroxyl groups is 2. The Balaban J connectivity index is 2.13. The van der Waals surface area contributed by atoms with Crippen molar-refractivity contribution in [3.63, 3.8) is 0 Å². The zero-order valence-electron chi connectivity index (χ0n) is 22.4. The topological polar surface area (TPSA) is 116 Å². The number of aryl methyl sites for hydroxylation is 1. The van der Waals surface area contributed by atoms with Gasteiger partial charge in [-0.25, -0.2) is 4.79 Å². The SMILES string of the molecule is CCNC(=O)CCCC=CCC1C(O)CC(CCCCCl)(OC(=O)O)C1C=C[C@@H](O)CCc1ccccc1. The summed E-state index contributed by atoms with van der Waals surface area (Å²) in [5.41, 5.74) is 0.0556.